The molecule has 0 aliphatic heterocycles. The normalized spacial score (nSPS) is 12.6. The van der Waals surface area contributed by atoms with E-state index in [2.05, 4.69) is 109 Å². The van der Waals surface area contributed by atoms with Crippen LogP contribution in [0.5, 0.6) is 0 Å². The molecule has 0 spiro atoms. The molecular weight excluding hydrogens is 486 g/mol. The summed E-state index contributed by atoms with van der Waals surface area (Å²) < 4.78 is 0. The first kappa shape index (κ1) is 23.9. The molecule has 0 aliphatic carbocycles. The summed E-state index contributed by atoms with van der Waals surface area (Å²) in [7, 11) is 0. The highest BCUT2D eigenvalue weighted by Crippen LogP contribution is 2.32. The van der Waals surface area contributed by atoms with Crippen LogP contribution in [0.3, 0.4) is 0 Å². The van der Waals surface area contributed by atoms with E-state index in [9.17, 15) is 0 Å². The Labute approximate surface area is 233 Å². The van der Waals surface area contributed by atoms with Gasteiger partial charge in [-0.3, -0.25) is 9.98 Å². The maximum atomic E-state index is 5.03. The zero-order valence-electron chi connectivity index (χ0n) is 22.5. The van der Waals surface area contributed by atoms with Gasteiger partial charge in [-0.05, 0) is 94.7 Å². The first-order valence-electron chi connectivity index (χ1n) is 13.5. The molecule has 1 aromatic heterocycles. The molecule has 0 N–H and O–H groups in total. The number of benzene rings is 6. The topological polar surface area (TPSA) is 37.6 Å². The maximum absolute atomic E-state index is 5.03. The van der Waals surface area contributed by atoms with E-state index >= 15 is 0 Å². The molecule has 0 amide bonds. The number of aliphatic imine (C=N–C) groups is 2. The van der Waals surface area contributed by atoms with Crippen molar-refractivity contribution in [3.05, 3.63) is 139 Å². The van der Waals surface area contributed by atoms with Crippen molar-refractivity contribution in [3.8, 4) is 0 Å². The summed E-state index contributed by atoms with van der Waals surface area (Å²) in [5, 5.41) is 9.52. The van der Waals surface area contributed by atoms with Crippen molar-refractivity contribution < 1.29 is 0 Å². The summed E-state index contributed by atoms with van der Waals surface area (Å²) in [6.07, 6.45) is 0. The zero-order chi connectivity index (χ0) is 27.1. The summed E-state index contributed by atoms with van der Waals surface area (Å²) in [6.45, 7) is 4.04. The average molecular weight is 514 g/mol. The van der Waals surface area contributed by atoms with Crippen molar-refractivity contribution in [2.24, 2.45) is 9.98 Å². The first-order valence-corrected chi connectivity index (χ1v) is 13.5. The first-order chi connectivity index (χ1) is 19.6. The Bertz CT molecular complexity index is 1990. The van der Waals surface area contributed by atoms with E-state index < -0.39 is 0 Å². The lowest BCUT2D eigenvalue weighted by Crippen LogP contribution is -2.05. The van der Waals surface area contributed by atoms with Gasteiger partial charge in [0.05, 0.1) is 34.2 Å². The lowest BCUT2D eigenvalue weighted by Gasteiger charge is -2.09. The predicted molar refractivity (Wildman–Crippen MR) is 171 cm³/mol. The van der Waals surface area contributed by atoms with Crippen LogP contribution in [-0.4, -0.2) is 16.4 Å². The smallest absolute Gasteiger partial charge is 0.0849 e. The Morgan fingerprint density at radius 1 is 0.425 bits per heavy atom. The lowest BCUT2D eigenvalue weighted by atomic mass is 10.0. The minimum atomic E-state index is 0.841. The molecule has 6 aromatic carbocycles. The molecule has 0 atom stereocenters. The fourth-order valence-corrected chi connectivity index (χ4v) is 5.41. The van der Waals surface area contributed by atoms with E-state index in [1.165, 1.54) is 32.3 Å². The van der Waals surface area contributed by atoms with Crippen LogP contribution in [0.4, 0.5) is 11.4 Å². The standard InChI is InChI=1S/C37H27N3/c1-24(38-36-18-7-14-30-20-26-10-3-5-12-28(26)22-32(30)36)34-16-9-17-35(40-34)25(2)39-37-19-8-15-31-21-27-11-4-6-13-29(27)23-33(31)37/h3-23H,1-2H3/b38-24-,39-25-. The van der Waals surface area contributed by atoms with Crippen LogP contribution in [0.1, 0.15) is 25.2 Å². The molecule has 0 fully saturated rings. The molecule has 190 valence electrons. The summed E-state index contributed by atoms with van der Waals surface area (Å²) in [5.74, 6) is 0. The monoisotopic (exact) mass is 513 g/mol. The summed E-state index contributed by atoms with van der Waals surface area (Å²) in [4.78, 5) is 15.0. The molecule has 0 radical (unpaired) electrons. The number of pyridine rings is 1. The highest BCUT2D eigenvalue weighted by molar-refractivity contribution is 6.08. The number of hydrogen-bond acceptors (Lipinski definition) is 3. The molecular formula is C37H27N3. The molecule has 3 heteroatoms. The second-order valence-corrected chi connectivity index (χ2v) is 10.2. The van der Waals surface area contributed by atoms with E-state index in [1.54, 1.807) is 0 Å². The summed E-state index contributed by atoms with van der Waals surface area (Å²) in [5.41, 5.74) is 5.31. The van der Waals surface area contributed by atoms with Gasteiger partial charge in [-0.2, -0.15) is 0 Å². The Morgan fingerprint density at radius 2 is 0.800 bits per heavy atom. The number of hydrogen-bond donors (Lipinski definition) is 0. The third-order valence-corrected chi connectivity index (χ3v) is 7.51. The van der Waals surface area contributed by atoms with Crippen LogP contribution < -0.4 is 0 Å². The minimum Gasteiger partial charge on any atom is -0.251 e. The summed E-state index contributed by atoms with van der Waals surface area (Å²) >= 11 is 0. The Morgan fingerprint density at radius 3 is 1.25 bits per heavy atom. The van der Waals surface area contributed by atoms with Gasteiger partial charge in [-0.25, -0.2) is 4.98 Å². The van der Waals surface area contributed by atoms with E-state index in [0.717, 1.165) is 45.0 Å². The fraction of sp³-hybridized carbons (Fsp3) is 0.0541. The van der Waals surface area contributed by atoms with Gasteiger partial charge in [0, 0.05) is 10.8 Å². The van der Waals surface area contributed by atoms with Gasteiger partial charge in [0.1, 0.15) is 0 Å². The van der Waals surface area contributed by atoms with Crippen molar-refractivity contribution in [1.29, 1.82) is 0 Å². The summed E-state index contributed by atoms with van der Waals surface area (Å²) in [6, 6.07) is 44.4. The van der Waals surface area contributed by atoms with Gasteiger partial charge >= 0.3 is 0 Å². The molecule has 3 nitrogen and oxygen atoms in total. The van der Waals surface area contributed by atoms with Crippen LogP contribution in [-0.2, 0) is 0 Å². The third kappa shape index (κ3) is 4.42. The second kappa shape index (κ2) is 9.87. The van der Waals surface area contributed by atoms with Crippen LogP contribution >= 0.6 is 0 Å². The SMILES string of the molecule is C/C(=N/c1cccc2cc3ccccc3cc12)c1cccc(/C(C)=N\c2cccc3cc4ccccc4cc23)n1. The van der Waals surface area contributed by atoms with Gasteiger partial charge in [-0.15, -0.1) is 0 Å². The average Bonchev–Trinajstić information content (AvgIpc) is 2.99. The Kier molecular flexibility index (Phi) is 5.90. The molecule has 0 unspecified atom stereocenters. The van der Waals surface area contributed by atoms with Crippen molar-refractivity contribution in [3.63, 3.8) is 0 Å². The molecule has 1 heterocycles. The van der Waals surface area contributed by atoms with Gasteiger partial charge in [0.15, 0.2) is 0 Å². The number of nitrogens with zero attached hydrogens (tertiary/aromatic N) is 3. The quantitative estimate of drug-likeness (QED) is 0.170. The molecule has 0 bridgehead atoms. The Hall–Kier alpha value is -5.15. The van der Waals surface area contributed by atoms with Gasteiger partial charge in [0.2, 0.25) is 0 Å². The fourth-order valence-electron chi connectivity index (χ4n) is 5.41. The molecule has 7 aromatic rings. The van der Waals surface area contributed by atoms with E-state index in [4.69, 9.17) is 15.0 Å². The van der Waals surface area contributed by atoms with Crippen molar-refractivity contribution in [2.75, 3.05) is 0 Å². The molecule has 7 rings (SSSR count). The molecule has 0 saturated carbocycles. The third-order valence-electron chi connectivity index (χ3n) is 7.51. The van der Waals surface area contributed by atoms with Gasteiger partial charge < -0.3 is 0 Å². The van der Waals surface area contributed by atoms with Crippen LogP contribution in [0.2, 0.25) is 0 Å². The highest BCUT2D eigenvalue weighted by atomic mass is 14.8. The van der Waals surface area contributed by atoms with E-state index in [1.807, 2.05) is 32.0 Å². The van der Waals surface area contributed by atoms with Crippen molar-refractivity contribution >= 4 is 65.9 Å². The molecule has 0 saturated heterocycles. The lowest BCUT2D eigenvalue weighted by molar-refractivity contribution is 1.24. The second-order valence-electron chi connectivity index (χ2n) is 10.2. The van der Waals surface area contributed by atoms with Gasteiger partial charge in [0.25, 0.3) is 0 Å². The van der Waals surface area contributed by atoms with Crippen LogP contribution in [0, 0.1) is 0 Å². The number of fused-ring (bicyclic) bond motifs is 4. The largest absolute Gasteiger partial charge is 0.251 e. The Balaban J connectivity index is 1.26. The predicted octanol–water partition coefficient (Wildman–Crippen LogP) is 9.98. The van der Waals surface area contributed by atoms with Crippen LogP contribution in [0.25, 0.3) is 43.1 Å². The van der Waals surface area contributed by atoms with Crippen molar-refractivity contribution in [2.45, 2.75) is 13.8 Å². The maximum Gasteiger partial charge on any atom is 0.0849 e. The molecule has 0 aliphatic rings. The van der Waals surface area contributed by atoms with Crippen LogP contribution in [0.15, 0.2) is 137 Å². The minimum absolute atomic E-state index is 0.841. The van der Waals surface area contributed by atoms with E-state index in [-0.39, 0.29) is 0 Å². The van der Waals surface area contributed by atoms with Gasteiger partial charge in [-0.1, -0.05) is 78.9 Å². The zero-order valence-corrected chi connectivity index (χ0v) is 22.5. The molecule has 40 heavy (non-hydrogen) atoms. The number of aromatic nitrogens is 1. The highest BCUT2D eigenvalue weighted by Gasteiger charge is 2.09. The number of rotatable bonds is 4. The van der Waals surface area contributed by atoms with Crippen molar-refractivity contribution in [1.82, 2.24) is 4.98 Å². The van der Waals surface area contributed by atoms with E-state index in [0.29, 0.717) is 0 Å².